The SMILES string of the molecule is C#CC(=O)NC1(C)CC2CC(C1)N2c1ccc(-c2cc(-c3cnn(C)c3)cn3ncc(C#N)c23)cn1. The molecule has 1 aliphatic carbocycles. The second kappa shape index (κ2) is 7.96. The summed E-state index contributed by atoms with van der Waals surface area (Å²) in [4.78, 5) is 18.9. The zero-order chi connectivity index (χ0) is 25.0. The summed E-state index contributed by atoms with van der Waals surface area (Å²) >= 11 is 0. The molecule has 1 amide bonds. The number of nitrogens with zero attached hydrogens (tertiary/aromatic N) is 7. The van der Waals surface area contributed by atoms with E-state index in [9.17, 15) is 10.1 Å². The number of nitrogens with one attached hydrogen (secondary N) is 1. The van der Waals surface area contributed by atoms with E-state index < -0.39 is 0 Å². The van der Waals surface area contributed by atoms with Crippen LogP contribution in [0, 0.1) is 23.7 Å². The molecule has 2 unspecified atom stereocenters. The highest BCUT2D eigenvalue weighted by Gasteiger charge is 2.51. The van der Waals surface area contributed by atoms with Gasteiger partial charge >= 0.3 is 0 Å². The van der Waals surface area contributed by atoms with E-state index in [-0.39, 0.29) is 11.4 Å². The molecule has 9 nitrogen and oxygen atoms in total. The minimum absolute atomic E-state index is 0.290. The number of carbonyl (C=O) groups excluding carboxylic acids is 1. The third-order valence-corrected chi connectivity index (χ3v) is 7.34. The number of fused-ring (bicyclic) bond motifs is 3. The van der Waals surface area contributed by atoms with Gasteiger partial charge in [-0.1, -0.05) is 0 Å². The largest absolute Gasteiger partial charge is 0.350 e. The summed E-state index contributed by atoms with van der Waals surface area (Å²) in [7, 11) is 1.88. The highest BCUT2D eigenvalue weighted by molar-refractivity contribution is 5.93. The first-order chi connectivity index (χ1) is 17.4. The van der Waals surface area contributed by atoms with E-state index in [0.29, 0.717) is 17.6 Å². The molecule has 9 heteroatoms. The molecule has 2 atom stereocenters. The number of piperidine rings is 1. The molecule has 6 heterocycles. The number of terminal acetylenes is 1. The lowest BCUT2D eigenvalue weighted by atomic mass is 9.69. The summed E-state index contributed by atoms with van der Waals surface area (Å²) in [5, 5.41) is 21.4. The quantitative estimate of drug-likeness (QED) is 0.454. The summed E-state index contributed by atoms with van der Waals surface area (Å²) in [5.74, 6) is 2.72. The smallest absolute Gasteiger partial charge is 0.296 e. The normalized spacial score (nSPS) is 22.5. The molecule has 7 rings (SSSR count). The Bertz CT molecular complexity index is 1570. The van der Waals surface area contributed by atoms with Crippen LogP contribution >= 0.6 is 0 Å². The van der Waals surface area contributed by atoms with Crippen LogP contribution in [0.25, 0.3) is 27.8 Å². The molecular weight excluding hydrogens is 452 g/mol. The molecule has 4 aromatic rings. The molecule has 3 aliphatic rings. The Hall–Kier alpha value is -4.63. The molecule has 178 valence electrons. The van der Waals surface area contributed by atoms with Gasteiger partial charge in [-0.15, -0.1) is 6.42 Å². The molecule has 2 aliphatic heterocycles. The Balaban J connectivity index is 1.32. The van der Waals surface area contributed by atoms with Crippen LogP contribution in [0.1, 0.15) is 31.7 Å². The van der Waals surface area contributed by atoms with Crippen molar-refractivity contribution in [3.05, 3.63) is 54.7 Å². The van der Waals surface area contributed by atoms with Crippen molar-refractivity contribution >= 4 is 17.2 Å². The van der Waals surface area contributed by atoms with Crippen molar-refractivity contribution in [2.45, 2.75) is 43.8 Å². The summed E-state index contributed by atoms with van der Waals surface area (Å²) < 4.78 is 3.50. The second-order valence-electron chi connectivity index (χ2n) is 9.93. The highest BCUT2D eigenvalue weighted by atomic mass is 16.1. The van der Waals surface area contributed by atoms with E-state index in [4.69, 9.17) is 11.4 Å². The molecular formula is C27H24N8O. The Morgan fingerprint density at radius 3 is 2.58 bits per heavy atom. The molecule has 0 spiro atoms. The van der Waals surface area contributed by atoms with Crippen LogP contribution in [0.15, 0.2) is 49.2 Å². The number of nitriles is 1. The summed E-state index contributed by atoms with van der Waals surface area (Å²) in [5.41, 5.74) is 4.68. The molecule has 4 aromatic heterocycles. The molecule has 2 bridgehead atoms. The van der Waals surface area contributed by atoms with Crippen LogP contribution in [0.2, 0.25) is 0 Å². The van der Waals surface area contributed by atoms with E-state index >= 15 is 0 Å². The lowest BCUT2D eigenvalue weighted by Gasteiger charge is -2.59. The average Bonchev–Trinajstić information content (AvgIpc) is 3.49. The van der Waals surface area contributed by atoms with E-state index in [1.807, 2.05) is 44.0 Å². The molecule has 1 N–H and O–H groups in total. The maximum absolute atomic E-state index is 11.8. The van der Waals surface area contributed by atoms with Gasteiger partial charge in [-0.25, -0.2) is 9.50 Å². The van der Waals surface area contributed by atoms with Gasteiger partial charge in [0.15, 0.2) is 0 Å². The average molecular weight is 477 g/mol. The number of anilines is 1. The van der Waals surface area contributed by atoms with Gasteiger partial charge in [0.2, 0.25) is 0 Å². The molecule has 0 radical (unpaired) electrons. The maximum Gasteiger partial charge on any atom is 0.296 e. The first-order valence-corrected chi connectivity index (χ1v) is 11.8. The molecule has 0 aromatic carbocycles. The Morgan fingerprint density at radius 1 is 1.14 bits per heavy atom. The van der Waals surface area contributed by atoms with E-state index in [0.717, 1.165) is 52.9 Å². The van der Waals surface area contributed by atoms with Crippen LogP contribution in [-0.4, -0.2) is 47.9 Å². The van der Waals surface area contributed by atoms with Gasteiger partial charge < -0.3 is 10.2 Å². The third kappa shape index (κ3) is 3.48. The van der Waals surface area contributed by atoms with Gasteiger partial charge in [-0.05, 0) is 50.3 Å². The lowest BCUT2D eigenvalue weighted by molar-refractivity contribution is -0.118. The number of rotatable bonds is 4. The van der Waals surface area contributed by atoms with Crippen molar-refractivity contribution < 1.29 is 4.79 Å². The van der Waals surface area contributed by atoms with Gasteiger partial charge in [-0.3, -0.25) is 9.48 Å². The summed E-state index contributed by atoms with van der Waals surface area (Å²) in [6.45, 7) is 2.06. The zero-order valence-electron chi connectivity index (χ0n) is 20.0. The van der Waals surface area contributed by atoms with Gasteiger partial charge in [0, 0.05) is 65.5 Å². The fourth-order valence-corrected chi connectivity index (χ4v) is 5.82. The van der Waals surface area contributed by atoms with E-state index in [2.05, 4.69) is 45.4 Å². The van der Waals surface area contributed by atoms with Gasteiger partial charge in [0.25, 0.3) is 5.91 Å². The zero-order valence-corrected chi connectivity index (χ0v) is 20.0. The van der Waals surface area contributed by atoms with Gasteiger partial charge in [0.1, 0.15) is 11.9 Å². The second-order valence-corrected chi connectivity index (χ2v) is 9.93. The number of aromatic nitrogens is 5. The lowest BCUT2D eigenvalue weighted by Crippen LogP contribution is -2.69. The molecule has 1 saturated carbocycles. The van der Waals surface area contributed by atoms with Crippen molar-refractivity contribution in [2.24, 2.45) is 7.05 Å². The van der Waals surface area contributed by atoms with Crippen molar-refractivity contribution in [3.8, 4) is 40.7 Å². The predicted molar refractivity (Wildman–Crippen MR) is 135 cm³/mol. The van der Waals surface area contributed by atoms with E-state index in [1.165, 1.54) is 0 Å². The Morgan fingerprint density at radius 2 is 1.94 bits per heavy atom. The Labute approximate surface area is 208 Å². The van der Waals surface area contributed by atoms with Gasteiger partial charge in [-0.2, -0.15) is 15.5 Å². The Kier molecular flexibility index (Phi) is 4.84. The summed E-state index contributed by atoms with van der Waals surface area (Å²) in [6.07, 6.45) is 17.1. The standard InChI is InChI=1S/C27H24N8O/c1-4-25(36)32-27(2)9-21-8-22(10-27)35(21)24-6-5-17(12-29-24)23-7-18(20-14-30-33(3)15-20)16-34-26(23)19(11-28)13-31-34/h1,5-7,12-16,21-22H,8-10H2,2-3H3,(H,32,36). The fraction of sp³-hybridized carbons (Fsp3) is 0.296. The number of hydrogen-bond donors (Lipinski definition) is 1. The van der Waals surface area contributed by atoms with Crippen LogP contribution < -0.4 is 10.2 Å². The first-order valence-electron chi connectivity index (χ1n) is 11.8. The highest BCUT2D eigenvalue weighted by Crippen LogP contribution is 2.45. The minimum Gasteiger partial charge on any atom is -0.350 e. The van der Waals surface area contributed by atoms with Crippen LogP contribution in [0.5, 0.6) is 0 Å². The summed E-state index contributed by atoms with van der Waals surface area (Å²) in [6, 6.07) is 9.02. The number of amides is 1. The number of aryl methyl sites for hydroxylation is 1. The van der Waals surface area contributed by atoms with Crippen molar-refractivity contribution in [2.75, 3.05) is 4.90 Å². The van der Waals surface area contributed by atoms with Crippen LogP contribution in [0.3, 0.4) is 0 Å². The van der Waals surface area contributed by atoms with Crippen molar-refractivity contribution in [3.63, 3.8) is 0 Å². The molecule has 2 saturated heterocycles. The molecule has 3 fully saturated rings. The van der Waals surface area contributed by atoms with Gasteiger partial charge in [0.05, 0.1) is 23.5 Å². The van der Waals surface area contributed by atoms with E-state index in [1.54, 1.807) is 15.4 Å². The van der Waals surface area contributed by atoms with Crippen molar-refractivity contribution in [1.82, 2.24) is 29.7 Å². The fourth-order valence-electron chi connectivity index (χ4n) is 5.82. The molecule has 36 heavy (non-hydrogen) atoms. The monoisotopic (exact) mass is 476 g/mol. The van der Waals surface area contributed by atoms with Crippen LogP contribution in [0.4, 0.5) is 5.82 Å². The van der Waals surface area contributed by atoms with Crippen LogP contribution in [-0.2, 0) is 11.8 Å². The maximum atomic E-state index is 11.8. The number of hydrogen-bond acceptors (Lipinski definition) is 6. The third-order valence-electron chi connectivity index (χ3n) is 7.34. The van der Waals surface area contributed by atoms with Crippen molar-refractivity contribution in [1.29, 1.82) is 5.26 Å². The number of pyridine rings is 2. The number of carbonyl (C=O) groups is 1. The first kappa shape index (κ1) is 21.9. The topological polar surface area (TPSA) is 104 Å². The minimum atomic E-state index is -0.357. The predicted octanol–water partition coefficient (Wildman–Crippen LogP) is 2.92.